The van der Waals surface area contributed by atoms with E-state index in [9.17, 15) is 9.59 Å². The van der Waals surface area contributed by atoms with Crippen LogP contribution in [0.25, 0.3) is 0 Å². The van der Waals surface area contributed by atoms with Crippen LogP contribution in [0.3, 0.4) is 0 Å². The summed E-state index contributed by atoms with van der Waals surface area (Å²) in [6.07, 6.45) is 1.43. The Kier molecular flexibility index (Phi) is 4.52. The van der Waals surface area contributed by atoms with E-state index < -0.39 is 0 Å². The lowest BCUT2D eigenvalue weighted by atomic mass is 10.3. The number of likely N-dealkylation sites (N-methyl/N-ethyl adjacent to an activating group) is 1. The predicted molar refractivity (Wildman–Crippen MR) is 75.8 cm³/mol. The van der Waals surface area contributed by atoms with Gasteiger partial charge in [-0.1, -0.05) is 0 Å². The monoisotopic (exact) mass is 293 g/mol. The van der Waals surface area contributed by atoms with Crippen LogP contribution in [-0.4, -0.2) is 34.8 Å². The van der Waals surface area contributed by atoms with E-state index in [0.29, 0.717) is 11.7 Å². The summed E-state index contributed by atoms with van der Waals surface area (Å²) in [7, 11) is 0. The van der Waals surface area contributed by atoms with Crippen LogP contribution in [-0.2, 0) is 4.79 Å². The number of aryl methyl sites for hydroxylation is 1. The molecule has 20 heavy (non-hydrogen) atoms. The van der Waals surface area contributed by atoms with Crippen molar-refractivity contribution in [2.24, 2.45) is 0 Å². The van der Waals surface area contributed by atoms with Crippen LogP contribution < -0.4 is 5.32 Å². The van der Waals surface area contributed by atoms with Crippen LogP contribution in [0.1, 0.15) is 23.2 Å². The van der Waals surface area contributed by atoms with Crippen molar-refractivity contribution in [3.8, 4) is 0 Å². The molecule has 0 bridgehead atoms. The number of hydrogen-bond acceptors (Lipinski definition) is 5. The molecule has 0 radical (unpaired) electrons. The molecule has 106 valence electrons. The van der Waals surface area contributed by atoms with Crippen molar-refractivity contribution in [2.45, 2.75) is 13.8 Å². The van der Waals surface area contributed by atoms with Gasteiger partial charge in [0, 0.05) is 11.9 Å². The van der Waals surface area contributed by atoms with Gasteiger partial charge >= 0.3 is 0 Å². The second-order valence-corrected chi connectivity index (χ2v) is 5.00. The Hall–Kier alpha value is -2.15. The van der Waals surface area contributed by atoms with E-state index in [0.717, 1.165) is 5.69 Å². The summed E-state index contributed by atoms with van der Waals surface area (Å²) in [6, 6.07) is 3.21. The minimum atomic E-state index is -0.303. The van der Waals surface area contributed by atoms with Crippen molar-refractivity contribution in [1.82, 2.24) is 9.88 Å². The zero-order valence-corrected chi connectivity index (χ0v) is 12.1. The van der Waals surface area contributed by atoms with Crippen LogP contribution in [0.4, 0.5) is 5.13 Å². The van der Waals surface area contributed by atoms with Crippen LogP contribution in [0, 0.1) is 6.92 Å². The van der Waals surface area contributed by atoms with Crippen LogP contribution in [0.5, 0.6) is 0 Å². The smallest absolute Gasteiger partial charge is 0.290 e. The maximum Gasteiger partial charge on any atom is 0.290 e. The fraction of sp³-hybridized carbons (Fsp3) is 0.308. The molecular formula is C13H15N3O3S. The van der Waals surface area contributed by atoms with Gasteiger partial charge in [0.15, 0.2) is 10.9 Å². The highest BCUT2D eigenvalue weighted by Crippen LogP contribution is 2.14. The van der Waals surface area contributed by atoms with Crippen LogP contribution >= 0.6 is 11.3 Å². The summed E-state index contributed by atoms with van der Waals surface area (Å²) in [5, 5.41) is 5.06. The third-order valence-electron chi connectivity index (χ3n) is 2.60. The van der Waals surface area contributed by atoms with Gasteiger partial charge in [-0.15, -0.1) is 11.3 Å². The Labute approximate surface area is 120 Å². The van der Waals surface area contributed by atoms with Gasteiger partial charge in [0.1, 0.15) is 6.54 Å². The number of thiazole rings is 1. The second-order valence-electron chi connectivity index (χ2n) is 4.14. The molecule has 2 aromatic heterocycles. The Morgan fingerprint density at radius 3 is 2.85 bits per heavy atom. The molecule has 0 fully saturated rings. The highest BCUT2D eigenvalue weighted by molar-refractivity contribution is 7.13. The number of hydrogen-bond donors (Lipinski definition) is 1. The van der Waals surface area contributed by atoms with Crippen molar-refractivity contribution in [3.63, 3.8) is 0 Å². The molecule has 0 saturated carbocycles. The largest absolute Gasteiger partial charge is 0.459 e. The van der Waals surface area contributed by atoms with E-state index in [1.807, 2.05) is 19.2 Å². The molecule has 0 aliphatic rings. The quantitative estimate of drug-likeness (QED) is 0.916. The maximum atomic E-state index is 12.1. The number of rotatable bonds is 5. The van der Waals surface area contributed by atoms with Gasteiger partial charge in [0.25, 0.3) is 5.91 Å². The van der Waals surface area contributed by atoms with E-state index in [4.69, 9.17) is 4.42 Å². The van der Waals surface area contributed by atoms with E-state index in [-0.39, 0.29) is 24.1 Å². The molecule has 0 aromatic carbocycles. The van der Waals surface area contributed by atoms with E-state index >= 15 is 0 Å². The number of nitrogens with one attached hydrogen (secondary N) is 1. The molecule has 2 aromatic rings. The van der Waals surface area contributed by atoms with Crippen molar-refractivity contribution >= 4 is 28.3 Å². The molecule has 0 unspecified atom stereocenters. The first-order chi connectivity index (χ1) is 9.60. The van der Waals surface area contributed by atoms with Gasteiger partial charge in [0.05, 0.1) is 12.0 Å². The lowest BCUT2D eigenvalue weighted by Crippen LogP contribution is -2.37. The lowest BCUT2D eigenvalue weighted by Gasteiger charge is -2.18. The van der Waals surface area contributed by atoms with Gasteiger partial charge in [0.2, 0.25) is 5.91 Å². The number of nitrogens with zero attached hydrogens (tertiary/aromatic N) is 2. The number of carbonyl (C=O) groups is 2. The average Bonchev–Trinajstić information content (AvgIpc) is 3.07. The highest BCUT2D eigenvalue weighted by atomic mass is 32.1. The number of furan rings is 1. The summed E-state index contributed by atoms with van der Waals surface area (Å²) >= 11 is 1.35. The Morgan fingerprint density at radius 2 is 2.30 bits per heavy atom. The number of carbonyl (C=O) groups excluding carboxylic acids is 2. The molecule has 0 spiro atoms. The normalized spacial score (nSPS) is 10.3. The summed E-state index contributed by atoms with van der Waals surface area (Å²) < 4.78 is 5.05. The third kappa shape index (κ3) is 3.45. The van der Waals surface area contributed by atoms with Crippen LogP contribution in [0.15, 0.2) is 28.2 Å². The Balaban J connectivity index is 1.96. The maximum absolute atomic E-state index is 12.1. The first kappa shape index (κ1) is 14.3. The lowest BCUT2D eigenvalue weighted by molar-refractivity contribution is -0.116. The van der Waals surface area contributed by atoms with Crippen molar-refractivity contribution in [1.29, 1.82) is 0 Å². The first-order valence-electron chi connectivity index (χ1n) is 6.15. The molecule has 2 heterocycles. The zero-order chi connectivity index (χ0) is 14.5. The number of aromatic nitrogens is 1. The van der Waals surface area contributed by atoms with Gasteiger partial charge in [-0.3, -0.25) is 9.59 Å². The van der Waals surface area contributed by atoms with Crippen molar-refractivity contribution in [3.05, 3.63) is 35.2 Å². The second kappa shape index (κ2) is 6.33. The summed E-state index contributed by atoms with van der Waals surface area (Å²) in [6.45, 7) is 4.05. The van der Waals surface area contributed by atoms with E-state index in [1.165, 1.54) is 22.5 Å². The zero-order valence-electron chi connectivity index (χ0n) is 11.3. The van der Waals surface area contributed by atoms with E-state index in [1.54, 1.807) is 12.1 Å². The molecule has 7 heteroatoms. The molecule has 0 saturated heterocycles. The minimum absolute atomic E-state index is 0.0331. The summed E-state index contributed by atoms with van der Waals surface area (Å²) in [5.74, 6) is -0.353. The molecule has 0 aliphatic heterocycles. The van der Waals surface area contributed by atoms with E-state index in [2.05, 4.69) is 10.3 Å². The number of anilines is 1. The molecule has 6 nitrogen and oxygen atoms in total. The summed E-state index contributed by atoms with van der Waals surface area (Å²) in [4.78, 5) is 29.5. The minimum Gasteiger partial charge on any atom is -0.459 e. The summed E-state index contributed by atoms with van der Waals surface area (Å²) in [5.41, 5.74) is 0.851. The van der Waals surface area contributed by atoms with Crippen molar-refractivity contribution in [2.75, 3.05) is 18.4 Å². The molecule has 1 N–H and O–H groups in total. The molecule has 0 aliphatic carbocycles. The number of amides is 2. The Bertz CT molecular complexity index is 592. The molecule has 2 amide bonds. The van der Waals surface area contributed by atoms with Gasteiger partial charge in [-0.25, -0.2) is 4.98 Å². The SMILES string of the molecule is CCN(CC(=O)Nc1nc(C)cs1)C(=O)c1ccco1. The molecule has 2 rings (SSSR count). The first-order valence-corrected chi connectivity index (χ1v) is 7.03. The predicted octanol–water partition coefficient (Wildman–Crippen LogP) is 2.15. The molecular weight excluding hydrogens is 278 g/mol. The van der Waals surface area contributed by atoms with Crippen LogP contribution in [0.2, 0.25) is 0 Å². The van der Waals surface area contributed by atoms with Gasteiger partial charge < -0.3 is 14.6 Å². The Morgan fingerprint density at radius 1 is 1.50 bits per heavy atom. The van der Waals surface area contributed by atoms with Crippen molar-refractivity contribution < 1.29 is 14.0 Å². The van der Waals surface area contributed by atoms with Gasteiger partial charge in [-0.05, 0) is 26.0 Å². The topological polar surface area (TPSA) is 75.4 Å². The molecule has 0 atom stereocenters. The third-order valence-corrected chi connectivity index (χ3v) is 3.48. The average molecular weight is 293 g/mol. The highest BCUT2D eigenvalue weighted by Gasteiger charge is 2.19. The standard InChI is InChI=1S/C13H15N3O3S/c1-3-16(12(18)10-5-4-6-19-10)7-11(17)15-13-14-9(2)8-20-13/h4-6,8H,3,7H2,1-2H3,(H,14,15,17). The fourth-order valence-electron chi connectivity index (χ4n) is 1.63. The fourth-order valence-corrected chi connectivity index (χ4v) is 2.33. The van der Waals surface area contributed by atoms with Gasteiger partial charge in [-0.2, -0.15) is 0 Å².